The average molecular weight is 436 g/mol. The molecule has 1 heterocycles. The molecule has 2 amide bonds. The van der Waals surface area contributed by atoms with Crippen LogP contribution in [0.1, 0.15) is 68.8 Å². The van der Waals surface area contributed by atoms with Crippen molar-refractivity contribution in [1.82, 2.24) is 10.6 Å². The Labute approximate surface area is 192 Å². The van der Waals surface area contributed by atoms with Gasteiger partial charge in [-0.05, 0) is 49.8 Å². The van der Waals surface area contributed by atoms with E-state index in [1.807, 2.05) is 61.5 Å². The number of hydrogen-bond donors (Lipinski definition) is 2. The molecule has 2 aromatic rings. The molecule has 0 spiro atoms. The van der Waals surface area contributed by atoms with Gasteiger partial charge in [0.15, 0.2) is 0 Å². The van der Waals surface area contributed by atoms with Gasteiger partial charge in [-0.1, -0.05) is 63.2 Å². The van der Waals surface area contributed by atoms with Crippen LogP contribution in [0.2, 0.25) is 0 Å². The molecule has 1 saturated heterocycles. The smallest absolute Gasteiger partial charge is 0.253 e. The minimum Gasteiger partial charge on any atom is -0.371 e. The first kappa shape index (κ1) is 23.8. The largest absolute Gasteiger partial charge is 0.371 e. The highest BCUT2D eigenvalue weighted by Gasteiger charge is 2.26. The maximum Gasteiger partial charge on any atom is 0.253 e. The Morgan fingerprint density at radius 2 is 1.59 bits per heavy atom. The first-order valence-electron chi connectivity index (χ1n) is 11.9. The number of carbonyl (C=O) groups is 2. The lowest BCUT2D eigenvalue weighted by Gasteiger charge is -2.35. The Morgan fingerprint density at radius 3 is 2.22 bits per heavy atom. The highest BCUT2D eigenvalue weighted by atomic mass is 16.2. The molecule has 0 aromatic heterocycles. The fraction of sp³-hybridized carbons (Fsp3) is 0.481. The summed E-state index contributed by atoms with van der Waals surface area (Å²) in [5, 5.41) is 6.39. The van der Waals surface area contributed by atoms with Gasteiger partial charge >= 0.3 is 0 Å². The molecule has 5 nitrogen and oxygen atoms in total. The summed E-state index contributed by atoms with van der Waals surface area (Å²) < 4.78 is 0. The Hall–Kier alpha value is -2.82. The van der Waals surface area contributed by atoms with Crippen LogP contribution in [-0.2, 0) is 4.79 Å². The molecule has 1 fully saturated rings. The van der Waals surface area contributed by atoms with Crippen molar-refractivity contribution in [3.05, 3.63) is 65.7 Å². The second-order valence-corrected chi connectivity index (χ2v) is 9.16. The number of para-hydroxylation sites is 1. The summed E-state index contributed by atoms with van der Waals surface area (Å²) in [6.07, 6.45) is 2.52. The molecular formula is C27H37N3O2. The van der Waals surface area contributed by atoms with Crippen LogP contribution in [0.5, 0.6) is 0 Å². The highest BCUT2D eigenvalue weighted by molar-refractivity contribution is 6.00. The van der Waals surface area contributed by atoms with Crippen molar-refractivity contribution in [2.24, 2.45) is 5.92 Å². The van der Waals surface area contributed by atoms with E-state index >= 15 is 0 Å². The third-order valence-corrected chi connectivity index (χ3v) is 6.62. The molecule has 0 saturated carbocycles. The maximum absolute atomic E-state index is 12.9. The number of anilines is 1. The van der Waals surface area contributed by atoms with E-state index < -0.39 is 0 Å². The molecule has 172 valence electrons. The Balaban J connectivity index is 1.60. The summed E-state index contributed by atoms with van der Waals surface area (Å²) in [6, 6.07) is 18.1. The zero-order valence-electron chi connectivity index (χ0n) is 19.8. The minimum atomic E-state index is -0.110. The second-order valence-electron chi connectivity index (χ2n) is 9.16. The maximum atomic E-state index is 12.9. The number of rotatable bonds is 8. The number of hydrogen-bond acceptors (Lipinski definition) is 3. The van der Waals surface area contributed by atoms with Crippen molar-refractivity contribution in [1.29, 1.82) is 0 Å². The van der Waals surface area contributed by atoms with Gasteiger partial charge in [0.2, 0.25) is 5.91 Å². The number of carbonyl (C=O) groups excluding carboxylic acids is 2. The molecule has 1 aliphatic rings. The topological polar surface area (TPSA) is 61.4 Å². The van der Waals surface area contributed by atoms with Gasteiger partial charge in [0.1, 0.15) is 0 Å². The summed E-state index contributed by atoms with van der Waals surface area (Å²) in [6.45, 7) is 9.95. The Morgan fingerprint density at radius 1 is 0.969 bits per heavy atom. The highest BCUT2D eigenvalue weighted by Crippen LogP contribution is 2.26. The molecule has 0 radical (unpaired) electrons. The zero-order valence-corrected chi connectivity index (χ0v) is 19.8. The fourth-order valence-electron chi connectivity index (χ4n) is 4.22. The van der Waals surface area contributed by atoms with Crippen molar-refractivity contribution < 1.29 is 9.59 Å². The molecule has 32 heavy (non-hydrogen) atoms. The van der Waals surface area contributed by atoms with Crippen LogP contribution in [0.4, 0.5) is 5.69 Å². The zero-order chi connectivity index (χ0) is 23.1. The minimum absolute atomic E-state index is 0.0223. The summed E-state index contributed by atoms with van der Waals surface area (Å²) in [5.74, 6) is 0.361. The number of nitrogens with one attached hydrogen (secondary N) is 2. The van der Waals surface area contributed by atoms with Crippen LogP contribution >= 0.6 is 0 Å². The van der Waals surface area contributed by atoms with E-state index in [9.17, 15) is 9.59 Å². The molecule has 2 atom stereocenters. The standard InChI is InChI=1S/C27H37N3O2/c1-5-23(21-11-7-6-8-12-21)26(31)29-22-15-17-30(18-16-22)25-14-10-9-13-24(25)27(32)28-20(4)19(2)3/h6-14,19-20,22-23H,5,15-18H2,1-4H3,(H,28,32)(H,29,31)/t20-,23+/m1/s1. The van der Waals surface area contributed by atoms with E-state index in [-0.39, 0.29) is 29.8 Å². The second kappa shape index (κ2) is 11.2. The number of nitrogens with zero attached hydrogens (tertiary/aromatic N) is 1. The van der Waals surface area contributed by atoms with Crippen molar-refractivity contribution in [2.45, 2.75) is 65.0 Å². The Bertz CT molecular complexity index is 889. The van der Waals surface area contributed by atoms with Gasteiger partial charge in [0, 0.05) is 30.9 Å². The number of amides is 2. The van der Waals surface area contributed by atoms with Crippen LogP contribution < -0.4 is 15.5 Å². The SMILES string of the molecule is CC[C@H](C(=O)NC1CCN(c2ccccc2C(=O)N[C@H](C)C(C)C)CC1)c1ccccc1. The molecule has 3 rings (SSSR count). The quantitative estimate of drug-likeness (QED) is 0.630. The van der Waals surface area contributed by atoms with Gasteiger partial charge < -0.3 is 15.5 Å². The van der Waals surface area contributed by atoms with E-state index in [2.05, 4.69) is 36.3 Å². The van der Waals surface area contributed by atoms with E-state index in [0.29, 0.717) is 5.92 Å². The molecule has 2 aromatic carbocycles. The van der Waals surface area contributed by atoms with Crippen LogP contribution in [0.15, 0.2) is 54.6 Å². The predicted molar refractivity (Wildman–Crippen MR) is 131 cm³/mol. The average Bonchev–Trinajstić information content (AvgIpc) is 2.80. The van der Waals surface area contributed by atoms with Crippen molar-refractivity contribution in [2.75, 3.05) is 18.0 Å². The molecule has 2 N–H and O–H groups in total. The van der Waals surface area contributed by atoms with E-state index in [4.69, 9.17) is 0 Å². The van der Waals surface area contributed by atoms with Gasteiger partial charge in [-0.2, -0.15) is 0 Å². The lowest BCUT2D eigenvalue weighted by atomic mass is 9.94. The van der Waals surface area contributed by atoms with Crippen LogP contribution in [0.3, 0.4) is 0 Å². The van der Waals surface area contributed by atoms with Crippen LogP contribution in [0.25, 0.3) is 0 Å². The molecule has 1 aliphatic heterocycles. The van der Waals surface area contributed by atoms with Gasteiger partial charge in [-0.15, -0.1) is 0 Å². The molecule has 0 bridgehead atoms. The van der Waals surface area contributed by atoms with Crippen molar-refractivity contribution in [3.8, 4) is 0 Å². The van der Waals surface area contributed by atoms with Crippen LogP contribution in [-0.4, -0.2) is 37.0 Å². The molecule has 5 heteroatoms. The van der Waals surface area contributed by atoms with Gasteiger partial charge in [0.25, 0.3) is 5.91 Å². The van der Waals surface area contributed by atoms with Crippen molar-refractivity contribution in [3.63, 3.8) is 0 Å². The monoisotopic (exact) mass is 435 g/mol. The van der Waals surface area contributed by atoms with Crippen molar-refractivity contribution >= 4 is 17.5 Å². The first-order chi connectivity index (χ1) is 15.4. The number of benzene rings is 2. The molecular weight excluding hydrogens is 398 g/mol. The van der Waals surface area contributed by atoms with E-state index in [0.717, 1.165) is 49.2 Å². The van der Waals surface area contributed by atoms with Gasteiger partial charge in [-0.3, -0.25) is 9.59 Å². The van der Waals surface area contributed by atoms with E-state index in [1.165, 1.54) is 0 Å². The lowest BCUT2D eigenvalue weighted by Crippen LogP contribution is -2.46. The normalized spacial score (nSPS) is 16.5. The molecule has 0 aliphatic carbocycles. The number of piperidine rings is 1. The fourth-order valence-corrected chi connectivity index (χ4v) is 4.22. The molecule has 0 unspecified atom stereocenters. The predicted octanol–water partition coefficient (Wildman–Crippen LogP) is 4.74. The lowest BCUT2D eigenvalue weighted by molar-refractivity contribution is -0.123. The summed E-state index contributed by atoms with van der Waals surface area (Å²) >= 11 is 0. The van der Waals surface area contributed by atoms with Crippen LogP contribution in [0, 0.1) is 5.92 Å². The Kier molecular flexibility index (Phi) is 8.32. The first-order valence-corrected chi connectivity index (χ1v) is 11.9. The summed E-state index contributed by atoms with van der Waals surface area (Å²) in [4.78, 5) is 28.1. The van der Waals surface area contributed by atoms with E-state index in [1.54, 1.807) is 0 Å². The third-order valence-electron chi connectivity index (χ3n) is 6.62. The third kappa shape index (κ3) is 5.90. The summed E-state index contributed by atoms with van der Waals surface area (Å²) in [5.41, 5.74) is 2.76. The summed E-state index contributed by atoms with van der Waals surface area (Å²) in [7, 11) is 0. The van der Waals surface area contributed by atoms with Gasteiger partial charge in [-0.25, -0.2) is 0 Å². The van der Waals surface area contributed by atoms with Gasteiger partial charge in [0.05, 0.1) is 11.5 Å².